The summed E-state index contributed by atoms with van der Waals surface area (Å²) < 4.78 is 3.80. The Morgan fingerprint density at radius 2 is 1.69 bits per heavy atom. The second-order valence-electron chi connectivity index (χ2n) is 7.43. The van der Waals surface area contributed by atoms with Gasteiger partial charge in [-0.1, -0.05) is 19.1 Å². The molecule has 3 aromatic rings. The van der Waals surface area contributed by atoms with Gasteiger partial charge in [0.2, 0.25) is 0 Å². The molecule has 1 N–H and O–H groups in total. The Labute approximate surface area is 154 Å². The zero-order chi connectivity index (χ0) is 18.5. The first-order valence-corrected chi connectivity index (χ1v) is 9.36. The Kier molecular flexibility index (Phi) is 5.85. The van der Waals surface area contributed by atoms with E-state index < -0.39 is 0 Å². The lowest BCUT2D eigenvalue weighted by atomic mass is 9.87. The number of rotatable bonds is 9. The van der Waals surface area contributed by atoms with Crippen molar-refractivity contribution in [3.8, 4) is 0 Å². The molecule has 140 valence electrons. The molecule has 3 heterocycles. The Morgan fingerprint density at radius 3 is 2.23 bits per heavy atom. The monoisotopic (exact) mass is 355 g/mol. The minimum atomic E-state index is 0.402. The Morgan fingerprint density at radius 1 is 0.962 bits per heavy atom. The van der Waals surface area contributed by atoms with Crippen LogP contribution in [0.5, 0.6) is 0 Å². The summed E-state index contributed by atoms with van der Waals surface area (Å²) in [5.41, 5.74) is 3.39. The number of H-pyrrole nitrogens is 1. The molecule has 0 spiro atoms. The number of hydrogen-bond acceptors (Lipinski definition) is 4. The van der Waals surface area contributed by atoms with Crippen LogP contribution in [-0.4, -0.2) is 34.7 Å². The fourth-order valence-corrected chi connectivity index (χ4v) is 3.42. The fraction of sp³-hybridized carbons (Fsp3) is 0.579. The topological polar surface area (TPSA) is 77.2 Å². The molecule has 3 aromatic heterocycles. The predicted molar refractivity (Wildman–Crippen MR) is 101 cm³/mol. The molecule has 3 atom stereocenters. The van der Waals surface area contributed by atoms with Gasteiger partial charge in [-0.15, -0.1) is 5.10 Å². The average Bonchev–Trinajstić information content (AvgIpc) is 3.36. The number of hydrogen-bond donors (Lipinski definition) is 1. The van der Waals surface area contributed by atoms with Gasteiger partial charge in [0.15, 0.2) is 0 Å². The molecule has 3 rings (SSSR count). The Bertz CT molecular complexity index is 787. The van der Waals surface area contributed by atoms with Crippen LogP contribution in [0.4, 0.5) is 0 Å². The van der Waals surface area contributed by atoms with Crippen LogP contribution in [0.3, 0.4) is 0 Å². The second-order valence-corrected chi connectivity index (χ2v) is 7.43. The second kappa shape index (κ2) is 8.29. The Hall–Kier alpha value is -2.44. The largest absolute Gasteiger partial charge is 0.340 e. The summed E-state index contributed by atoms with van der Waals surface area (Å²) in [6, 6.07) is 2.07. The molecular formula is C19H29N7. The molecule has 0 aliphatic carbocycles. The van der Waals surface area contributed by atoms with Gasteiger partial charge in [-0.25, -0.2) is 4.98 Å². The molecule has 3 unspecified atom stereocenters. The summed E-state index contributed by atoms with van der Waals surface area (Å²) >= 11 is 0. The maximum Gasteiger partial charge on any atom is 0.0946 e. The van der Waals surface area contributed by atoms with E-state index in [0.29, 0.717) is 17.8 Å². The van der Waals surface area contributed by atoms with Crippen LogP contribution in [0.2, 0.25) is 0 Å². The SMILES string of the molecule is CC(CCC(CCC(C)c1cc[nH]n1)c1cn(C)cn1)c1cn(C)nn1. The molecular weight excluding hydrogens is 326 g/mol. The van der Waals surface area contributed by atoms with E-state index in [1.807, 2.05) is 37.4 Å². The summed E-state index contributed by atoms with van der Waals surface area (Å²) in [6.07, 6.45) is 12.3. The van der Waals surface area contributed by atoms with Crippen molar-refractivity contribution >= 4 is 0 Å². The third kappa shape index (κ3) is 4.59. The summed E-state index contributed by atoms with van der Waals surface area (Å²) in [4.78, 5) is 4.62. The van der Waals surface area contributed by atoms with Crippen LogP contribution in [-0.2, 0) is 14.1 Å². The van der Waals surface area contributed by atoms with Crippen LogP contribution in [0.1, 0.15) is 74.4 Å². The van der Waals surface area contributed by atoms with E-state index in [1.54, 1.807) is 4.68 Å². The number of imidazole rings is 1. The number of nitrogens with one attached hydrogen (secondary N) is 1. The molecule has 7 heteroatoms. The van der Waals surface area contributed by atoms with Crippen molar-refractivity contribution in [2.24, 2.45) is 14.1 Å². The maximum atomic E-state index is 4.62. The number of aromatic amines is 1. The van der Waals surface area contributed by atoms with Crippen molar-refractivity contribution in [2.75, 3.05) is 0 Å². The van der Waals surface area contributed by atoms with Gasteiger partial charge in [-0.3, -0.25) is 9.78 Å². The van der Waals surface area contributed by atoms with Crippen molar-refractivity contribution in [2.45, 2.75) is 57.3 Å². The lowest BCUT2D eigenvalue weighted by Gasteiger charge is -2.18. The molecule has 7 nitrogen and oxygen atoms in total. The van der Waals surface area contributed by atoms with E-state index in [-0.39, 0.29) is 0 Å². The summed E-state index contributed by atoms with van der Waals surface area (Å²) in [5.74, 6) is 1.31. The molecule has 0 radical (unpaired) electrons. The van der Waals surface area contributed by atoms with Crippen molar-refractivity contribution in [1.82, 2.24) is 34.7 Å². The van der Waals surface area contributed by atoms with E-state index in [1.165, 1.54) is 5.69 Å². The standard InChI is InChI=1S/C19H29N7/c1-14(17-9-10-21-22-17)5-7-16(19-11-25(3)13-20-19)8-6-15(2)18-12-26(4)24-23-18/h9-16H,5-8H2,1-4H3,(H,21,22). The number of nitrogens with zero attached hydrogens (tertiary/aromatic N) is 6. The quantitative estimate of drug-likeness (QED) is 0.637. The molecule has 0 aliphatic rings. The minimum absolute atomic E-state index is 0.402. The zero-order valence-electron chi connectivity index (χ0n) is 16.1. The molecule has 0 saturated heterocycles. The van der Waals surface area contributed by atoms with Crippen molar-refractivity contribution < 1.29 is 0 Å². The highest BCUT2D eigenvalue weighted by Gasteiger charge is 2.19. The molecule has 0 saturated carbocycles. The van der Waals surface area contributed by atoms with Crippen molar-refractivity contribution in [3.63, 3.8) is 0 Å². The highest BCUT2D eigenvalue weighted by Crippen LogP contribution is 2.32. The van der Waals surface area contributed by atoms with Crippen molar-refractivity contribution in [3.05, 3.63) is 48.1 Å². The highest BCUT2D eigenvalue weighted by atomic mass is 15.4. The van der Waals surface area contributed by atoms with E-state index in [0.717, 1.165) is 37.1 Å². The molecule has 0 amide bonds. The lowest BCUT2D eigenvalue weighted by molar-refractivity contribution is 0.473. The molecule has 0 fully saturated rings. The first kappa shape index (κ1) is 18.4. The average molecular weight is 355 g/mol. The van der Waals surface area contributed by atoms with Gasteiger partial charge < -0.3 is 4.57 Å². The smallest absolute Gasteiger partial charge is 0.0946 e. The fourth-order valence-electron chi connectivity index (χ4n) is 3.42. The van der Waals surface area contributed by atoms with Crippen LogP contribution in [0, 0.1) is 0 Å². The van der Waals surface area contributed by atoms with Gasteiger partial charge in [0.25, 0.3) is 0 Å². The molecule has 26 heavy (non-hydrogen) atoms. The first-order valence-electron chi connectivity index (χ1n) is 9.36. The van der Waals surface area contributed by atoms with Gasteiger partial charge in [0.05, 0.1) is 23.4 Å². The summed E-state index contributed by atoms with van der Waals surface area (Å²) in [7, 11) is 3.94. The molecule has 0 aliphatic heterocycles. The van der Waals surface area contributed by atoms with E-state index in [2.05, 4.69) is 51.6 Å². The lowest BCUT2D eigenvalue weighted by Crippen LogP contribution is -2.06. The van der Waals surface area contributed by atoms with Crippen molar-refractivity contribution in [1.29, 1.82) is 0 Å². The van der Waals surface area contributed by atoms with Crippen LogP contribution >= 0.6 is 0 Å². The third-order valence-electron chi connectivity index (χ3n) is 5.19. The van der Waals surface area contributed by atoms with E-state index >= 15 is 0 Å². The third-order valence-corrected chi connectivity index (χ3v) is 5.19. The number of aryl methyl sites for hydroxylation is 2. The predicted octanol–water partition coefficient (Wildman–Crippen LogP) is 3.52. The maximum absolute atomic E-state index is 4.62. The van der Waals surface area contributed by atoms with Gasteiger partial charge in [0.1, 0.15) is 0 Å². The summed E-state index contributed by atoms with van der Waals surface area (Å²) in [6.45, 7) is 4.47. The van der Waals surface area contributed by atoms with Gasteiger partial charge in [-0.2, -0.15) is 5.10 Å². The number of aromatic nitrogens is 7. The van der Waals surface area contributed by atoms with E-state index in [9.17, 15) is 0 Å². The first-order chi connectivity index (χ1) is 12.5. The van der Waals surface area contributed by atoms with Gasteiger partial charge >= 0.3 is 0 Å². The molecule has 0 aromatic carbocycles. The molecule has 0 bridgehead atoms. The van der Waals surface area contributed by atoms with Gasteiger partial charge in [0, 0.05) is 50.4 Å². The van der Waals surface area contributed by atoms with Crippen LogP contribution in [0.15, 0.2) is 31.0 Å². The summed E-state index contributed by atoms with van der Waals surface area (Å²) in [5, 5.41) is 15.6. The van der Waals surface area contributed by atoms with Crippen LogP contribution < -0.4 is 0 Å². The zero-order valence-corrected chi connectivity index (χ0v) is 16.1. The highest BCUT2D eigenvalue weighted by molar-refractivity contribution is 5.08. The van der Waals surface area contributed by atoms with Gasteiger partial charge in [-0.05, 0) is 31.7 Å². The van der Waals surface area contributed by atoms with Crippen LogP contribution in [0.25, 0.3) is 0 Å². The van der Waals surface area contributed by atoms with E-state index in [4.69, 9.17) is 0 Å². The Balaban J connectivity index is 1.61. The minimum Gasteiger partial charge on any atom is -0.340 e. The normalized spacial score (nSPS) is 15.1.